The molecule has 0 radical (unpaired) electrons. The maximum Gasteiger partial charge on any atom is 0.249 e. The van der Waals surface area contributed by atoms with Crippen molar-refractivity contribution in [3.05, 3.63) is 114 Å². The molecule has 10 heteroatoms. The van der Waals surface area contributed by atoms with E-state index in [0.717, 1.165) is 5.56 Å². The Labute approximate surface area is 235 Å². The first-order valence-electron chi connectivity index (χ1n) is 13.1. The zero-order valence-corrected chi connectivity index (χ0v) is 21.9. The average molecular weight is 552 g/mol. The van der Waals surface area contributed by atoms with Gasteiger partial charge in [-0.25, -0.2) is 9.07 Å². The van der Waals surface area contributed by atoms with E-state index in [2.05, 4.69) is 15.6 Å². The molecule has 1 aromatic heterocycles. The Hall–Kier alpha value is -5.25. The molecule has 9 nitrogen and oxygen atoms in total. The molecule has 1 N–H and O–H groups in total. The number of halogens is 1. The fraction of sp³-hybridized carbons (Fsp3) is 0.161. The summed E-state index contributed by atoms with van der Waals surface area (Å²) in [4.78, 5) is 29.6. The van der Waals surface area contributed by atoms with Crippen molar-refractivity contribution in [1.29, 1.82) is 0 Å². The van der Waals surface area contributed by atoms with Gasteiger partial charge in [-0.3, -0.25) is 14.5 Å². The molecule has 5 aromatic rings. The zero-order valence-electron chi connectivity index (χ0n) is 21.9. The minimum Gasteiger partial charge on any atom is -0.486 e. The van der Waals surface area contributed by atoms with Crippen LogP contribution in [0.3, 0.4) is 0 Å². The van der Waals surface area contributed by atoms with Crippen molar-refractivity contribution < 1.29 is 23.5 Å². The van der Waals surface area contributed by atoms with Crippen LogP contribution in [0.5, 0.6) is 11.5 Å². The number of hydrogen-bond donors (Lipinski definition) is 1. The van der Waals surface area contributed by atoms with Crippen LogP contribution in [-0.2, 0) is 22.7 Å². The normalized spacial score (nSPS) is 13.0. The Kier molecular flexibility index (Phi) is 7.27. The number of carbonyl (C=O) groups excluding carboxylic acids is 2. The van der Waals surface area contributed by atoms with Crippen molar-refractivity contribution in [2.24, 2.45) is 0 Å². The van der Waals surface area contributed by atoms with Crippen molar-refractivity contribution in [2.45, 2.75) is 19.1 Å². The van der Waals surface area contributed by atoms with Gasteiger partial charge < -0.3 is 14.8 Å². The second-order valence-electron chi connectivity index (χ2n) is 9.48. The monoisotopic (exact) mass is 551 g/mol. The Balaban J connectivity index is 1.40. The lowest BCUT2D eigenvalue weighted by atomic mass is 10.0. The van der Waals surface area contributed by atoms with E-state index in [1.807, 2.05) is 42.5 Å². The van der Waals surface area contributed by atoms with Gasteiger partial charge in [-0.15, -0.1) is 5.10 Å². The molecule has 1 atom stereocenters. The number of anilines is 1. The molecule has 6 rings (SSSR count). The van der Waals surface area contributed by atoms with Crippen LogP contribution in [0.4, 0.5) is 10.1 Å². The smallest absolute Gasteiger partial charge is 0.249 e. The van der Waals surface area contributed by atoms with Crippen molar-refractivity contribution in [3.63, 3.8) is 0 Å². The highest BCUT2D eigenvalue weighted by Crippen LogP contribution is 2.37. The highest BCUT2D eigenvalue weighted by Gasteiger charge is 2.34. The third-order valence-corrected chi connectivity index (χ3v) is 6.78. The molecule has 0 unspecified atom stereocenters. The third-order valence-electron chi connectivity index (χ3n) is 6.78. The van der Waals surface area contributed by atoms with E-state index < -0.39 is 11.9 Å². The molecule has 0 aliphatic carbocycles. The number of hydrogen-bond acceptors (Lipinski definition) is 6. The van der Waals surface area contributed by atoms with Gasteiger partial charge >= 0.3 is 0 Å². The summed E-state index contributed by atoms with van der Waals surface area (Å²) in [6.07, 6.45) is 0. The quantitative estimate of drug-likeness (QED) is 0.306. The topological polar surface area (TPSA) is 98.6 Å². The molecule has 0 spiro atoms. The van der Waals surface area contributed by atoms with Crippen molar-refractivity contribution >= 4 is 28.5 Å². The van der Waals surface area contributed by atoms with E-state index in [4.69, 9.17) is 9.47 Å². The first-order valence-corrected chi connectivity index (χ1v) is 13.1. The van der Waals surface area contributed by atoms with Gasteiger partial charge in [-0.05, 0) is 47.5 Å². The molecule has 41 heavy (non-hydrogen) atoms. The van der Waals surface area contributed by atoms with E-state index in [-0.39, 0.29) is 24.8 Å². The van der Waals surface area contributed by atoms with E-state index in [1.165, 1.54) is 21.7 Å². The van der Waals surface area contributed by atoms with Crippen LogP contribution in [0.1, 0.15) is 17.2 Å². The summed E-state index contributed by atoms with van der Waals surface area (Å²) in [6.45, 7) is 0.783. The van der Waals surface area contributed by atoms with Crippen LogP contribution in [0, 0.1) is 5.82 Å². The van der Waals surface area contributed by atoms with Crippen LogP contribution in [0.15, 0.2) is 97.1 Å². The fourth-order valence-corrected chi connectivity index (χ4v) is 4.80. The summed E-state index contributed by atoms with van der Waals surface area (Å²) in [7, 11) is 0. The number of nitrogens with one attached hydrogen (secondary N) is 1. The summed E-state index contributed by atoms with van der Waals surface area (Å²) in [5, 5.41) is 11.3. The Morgan fingerprint density at radius 3 is 2.44 bits per heavy atom. The van der Waals surface area contributed by atoms with Crippen LogP contribution in [-0.4, -0.2) is 40.0 Å². The van der Waals surface area contributed by atoms with Gasteiger partial charge in [0.1, 0.15) is 37.1 Å². The zero-order chi connectivity index (χ0) is 28.2. The number of carbonyl (C=O) groups is 2. The molecule has 4 aromatic carbocycles. The standard InChI is InChI=1S/C31H26FN5O4/c32-23-12-10-21(11-13-23)19-33-31(39)30(22-6-2-1-3-7-22)37(24-14-15-27-28(18-24)41-17-16-40-27)29(38)20-36-26-9-5-4-8-25(26)34-35-36/h1-15,18,30H,16-17,19-20H2,(H,33,39)/t30-/m1/s1. The predicted octanol–water partition coefficient (Wildman–Crippen LogP) is 4.43. The van der Waals surface area contributed by atoms with Crippen LogP contribution < -0.4 is 19.7 Å². The van der Waals surface area contributed by atoms with Crippen LogP contribution >= 0.6 is 0 Å². The minimum atomic E-state index is -1.04. The lowest BCUT2D eigenvalue weighted by Gasteiger charge is -2.32. The molecule has 2 heterocycles. The van der Waals surface area contributed by atoms with Crippen molar-refractivity contribution in [3.8, 4) is 11.5 Å². The minimum absolute atomic E-state index is 0.152. The summed E-state index contributed by atoms with van der Waals surface area (Å²) in [6, 6.07) is 26.4. The van der Waals surface area contributed by atoms with E-state index >= 15 is 0 Å². The maximum atomic E-state index is 14.2. The molecule has 206 valence electrons. The van der Waals surface area contributed by atoms with E-state index in [9.17, 15) is 14.0 Å². The number of para-hydroxylation sites is 1. The lowest BCUT2D eigenvalue weighted by Crippen LogP contribution is -2.45. The Morgan fingerprint density at radius 1 is 0.902 bits per heavy atom. The van der Waals surface area contributed by atoms with Crippen molar-refractivity contribution in [1.82, 2.24) is 20.3 Å². The molecular formula is C31H26FN5O4. The van der Waals surface area contributed by atoms with Crippen molar-refractivity contribution in [2.75, 3.05) is 18.1 Å². The van der Waals surface area contributed by atoms with Gasteiger partial charge in [0, 0.05) is 18.3 Å². The molecule has 0 fully saturated rings. The van der Waals surface area contributed by atoms with Gasteiger partial charge in [-0.1, -0.05) is 59.8 Å². The van der Waals surface area contributed by atoms with E-state index in [1.54, 1.807) is 42.5 Å². The molecule has 1 aliphatic rings. The number of ether oxygens (including phenoxy) is 2. The summed E-state index contributed by atoms with van der Waals surface area (Å²) < 4.78 is 26.4. The van der Waals surface area contributed by atoms with Gasteiger partial charge in [-0.2, -0.15) is 0 Å². The van der Waals surface area contributed by atoms with E-state index in [0.29, 0.717) is 47.0 Å². The lowest BCUT2D eigenvalue weighted by molar-refractivity contribution is -0.127. The molecular weight excluding hydrogens is 525 g/mol. The highest BCUT2D eigenvalue weighted by molar-refractivity contribution is 6.01. The summed E-state index contributed by atoms with van der Waals surface area (Å²) >= 11 is 0. The van der Waals surface area contributed by atoms with Gasteiger partial charge in [0.05, 0.1) is 5.52 Å². The van der Waals surface area contributed by atoms with Gasteiger partial charge in [0.2, 0.25) is 11.8 Å². The molecule has 0 saturated heterocycles. The number of rotatable bonds is 8. The highest BCUT2D eigenvalue weighted by atomic mass is 19.1. The Morgan fingerprint density at radius 2 is 1.63 bits per heavy atom. The maximum absolute atomic E-state index is 14.2. The number of amides is 2. The van der Waals surface area contributed by atoms with Crippen LogP contribution in [0.2, 0.25) is 0 Å². The molecule has 0 bridgehead atoms. The molecule has 0 saturated carbocycles. The number of aromatic nitrogens is 3. The SMILES string of the molecule is O=C(NCc1ccc(F)cc1)[C@@H](c1ccccc1)N(C(=O)Cn1nnc2ccccc21)c1ccc2c(c1)OCCO2. The van der Waals surface area contributed by atoms with Gasteiger partial charge in [0.25, 0.3) is 0 Å². The van der Waals surface area contributed by atoms with Gasteiger partial charge in [0.15, 0.2) is 11.5 Å². The molecule has 1 aliphatic heterocycles. The number of fused-ring (bicyclic) bond motifs is 2. The third kappa shape index (κ3) is 5.58. The second-order valence-corrected chi connectivity index (χ2v) is 9.48. The second kappa shape index (κ2) is 11.5. The number of nitrogens with zero attached hydrogens (tertiary/aromatic N) is 4. The average Bonchev–Trinajstić information content (AvgIpc) is 3.42. The largest absolute Gasteiger partial charge is 0.486 e. The fourth-order valence-electron chi connectivity index (χ4n) is 4.80. The number of benzene rings is 4. The first-order chi connectivity index (χ1) is 20.1. The summed E-state index contributed by atoms with van der Waals surface area (Å²) in [5.74, 6) is -0.114. The predicted molar refractivity (Wildman–Crippen MR) is 150 cm³/mol. The summed E-state index contributed by atoms with van der Waals surface area (Å²) in [5.41, 5.74) is 3.13. The first kappa shape index (κ1) is 26.0. The Bertz CT molecular complexity index is 1690. The molecule has 2 amide bonds. The van der Waals surface area contributed by atoms with Crippen LogP contribution in [0.25, 0.3) is 11.0 Å².